The van der Waals surface area contributed by atoms with Gasteiger partial charge in [-0.05, 0) is 18.6 Å². The van der Waals surface area contributed by atoms with E-state index in [1.54, 1.807) is 6.21 Å². The summed E-state index contributed by atoms with van der Waals surface area (Å²) in [5, 5.41) is 4.71. The molecule has 0 saturated heterocycles. The summed E-state index contributed by atoms with van der Waals surface area (Å²) in [6.07, 6.45) is 1.61. The first-order valence-corrected chi connectivity index (χ1v) is 8.06. The molecule has 2 aromatic rings. The molecule has 0 unspecified atom stereocenters. The molecule has 0 aliphatic carbocycles. The molecule has 0 aliphatic heterocycles. The Morgan fingerprint density at radius 3 is 2.74 bits per heavy atom. The summed E-state index contributed by atoms with van der Waals surface area (Å²) < 4.78 is 0. The minimum atomic E-state index is -0.176. The van der Waals surface area contributed by atoms with Crippen molar-refractivity contribution in [3.8, 4) is 0 Å². The average molecular weight is 329 g/mol. The normalized spacial score (nSPS) is 10.7. The summed E-state index contributed by atoms with van der Waals surface area (Å²) >= 11 is 1.36. The molecule has 1 aromatic heterocycles. The fourth-order valence-corrected chi connectivity index (χ4v) is 2.43. The molecule has 6 nitrogen and oxygen atoms in total. The maximum atomic E-state index is 11.8. The van der Waals surface area contributed by atoms with Crippen LogP contribution in [0.3, 0.4) is 0 Å². The zero-order valence-corrected chi connectivity index (χ0v) is 14.2. The van der Waals surface area contributed by atoms with Crippen molar-refractivity contribution in [2.24, 2.45) is 5.10 Å². The Bertz CT molecular complexity index is 688. The number of carbonyl (C=O) groups excluding carboxylic acids is 1. The van der Waals surface area contributed by atoms with Gasteiger partial charge in [0.2, 0.25) is 11.9 Å². The van der Waals surface area contributed by atoms with E-state index >= 15 is 0 Å². The second-order valence-electron chi connectivity index (χ2n) is 5.03. The smallest absolute Gasteiger partial charge is 0.250 e. The summed E-state index contributed by atoms with van der Waals surface area (Å²) in [4.78, 5) is 22.4. The van der Waals surface area contributed by atoms with Crippen molar-refractivity contribution >= 4 is 29.8 Å². The van der Waals surface area contributed by atoms with E-state index in [9.17, 15) is 4.79 Å². The van der Waals surface area contributed by atoms with E-state index in [2.05, 4.69) is 20.5 Å². The van der Waals surface area contributed by atoms with E-state index in [0.717, 1.165) is 16.3 Å². The number of hydrogen-bond donors (Lipinski definition) is 1. The molecule has 2 rings (SSSR count). The second-order valence-corrected chi connectivity index (χ2v) is 6.03. The fourth-order valence-electron chi connectivity index (χ4n) is 1.69. The van der Waals surface area contributed by atoms with Crippen LogP contribution in [0.15, 0.2) is 46.5 Å². The summed E-state index contributed by atoms with van der Waals surface area (Å²) in [7, 11) is 3.77. The summed E-state index contributed by atoms with van der Waals surface area (Å²) in [5.74, 6) is 0.704. The number of benzene rings is 1. The van der Waals surface area contributed by atoms with Gasteiger partial charge >= 0.3 is 0 Å². The number of rotatable bonds is 6. The lowest BCUT2D eigenvalue weighted by molar-refractivity contribution is -0.118. The summed E-state index contributed by atoms with van der Waals surface area (Å²) in [6, 6.07) is 11.4. The van der Waals surface area contributed by atoms with Crippen molar-refractivity contribution in [2.75, 3.05) is 24.7 Å². The molecule has 0 atom stereocenters. The first-order chi connectivity index (χ1) is 11.0. The highest BCUT2D eigenvalue weighted by Crippen LogP contribution is 2.18. The molecule has 1 aromatic carbocycles. The quantitative estimate of drug-likeness (QED) is 0.380. The Balaban J connectivity index is 1.86. The molecule has 1 heterocycles. The van der Waals surface area contributed by atoms with Gasteiger partial charge in [0, 0.05) is 19.8 Å². The minimum Gasteiger partial charge on any atom is -0.347 e. The number of hydrogen-bond acceptors (Lipinski definition) is 6. The van der Waals surface area contributed by atoms with Crippen molar-refractivity contribution in [3.05, 3.63) is 47.7 Å². The van der Waals surface area contributed by atoms with Gasteiger partial charge in [-0.25, -0.2) is 15.4 Å². The highest BCUT2D eigenvalue weighted by molar-refractivity contribution is 7.99. The Morgan fingerprint density at radius 2 is 2.04 bits per heavy atom. The number of nitrogens with one attached hydrogen (secondary N) is 1. The third kappa shape index (κ3) is 5.71. The molecular formula is C16H19N5OS. The predicted octanol–water partition coefficient (Wildman–Crippen LogP) is 2.09. The number of aryl methyl sites for hydroxylation is 1. The third-order valence-electron chi connectivity index (χ3n) is 2.77. The van der Waals surface area contributed by atoms with Gasteiger partial charge in [0.15, 0.2) is 0 Å². The number of thioether (sulfide) groups is 1. The first-order valence-electron chi connectivity index (χ1n) is 7.07. The summed E-state index contributed by atoms with van der Waals surface area (Å²) in [6.45, 7) is 1.91. The molecule has 0 aliphatic rings. The SMILES string of the molecule is Cc1cc(SCC(=O)NN=Cc2ccccc2)nc(N(C)C)n1. The van der Waals surface area contributed by atoms with E-state index in [4.69, 9.17) is 0 Å². The Morgan fingerprint density at radius 1 is 1.30 bits per heavy atom. The van der Waals surface area contributed by atoms with E-state index in [1.807, 2.05) is 62.3 Å². The van der Waals surface area contributed by atoms with Gasteiger partial charge in [-0.1, -0.05) is 42.1 Å². The van der Waals surface area contributed by atoms with E-state index in [-0.39, 0.29) is 11.7 Å². The predicted molar refractivity (Wildman–Crippen MR) is 94.0 cm³/mol. The second kappa shape index (κ2) is 8.28. The standard InChI is InChI=1S/C16H19N5OS/c1-12-9-15(19-16(18-12)21(2)3)23-11-14(22)20-17-10-13-7-5-4-6-8-13/h4-10H,11H2,1-3H3,(H,20,22). The van der Waals surface area contributed by atoms with Crippen LogP contribution in [-0.4, -0.2) is 41.9 Å². The monoisotopic (exact) mass is 329 g/mol. The number of hydrazone groups is 1. The maximum absolute atomic E-state index is 11.8. The number of nitrogens with zero attached hydrogens (tertiary/aromatic N) is 4. The Labute approximate surface area is 140 Å². The lowest BCUT2D eigenvalue weighted by Crippen LogP contribution is -2.20. The number of amides is 1. The van der Waals surface area contributed by atoms with Crippen LogP contribution in [-0.2, 0) is 4.79 Å². The van der Waals surface area contributed by atoms with Crippen LogP contribution < -0.4 is 10.3 Å². The topological polar surface area (TPSA) is 70.5 Å². The third-order valence-corrected chi connectivity index (χ3v) is 3.68. The molecule has 7 heteroatoms. The van der Waals surface area contributed by atoms with Crippen LogP contribution in [0, 0.1) is 6.92 Å². The lowest BCUT2D eigenvalue weighted by atomic mass is 10.2. The minimum absolute atomic E-state index is 0.176. The van der Waals surface area contributed by atoms with Crippen LogP contribution in [0.5, 0.6) is 0 Å². The van der Waals surface area contributed by atoms with Gasteiger partial charge in [-0.3, -0.25) is 4.79 Å². The molecule has 120 valence electrons. The van der Waals surface area contributed by atoms with Crippen LogP contribution in [0.1, 0.15) is 11.3 Å². The zero-order chi connectivity index (χ0) is 16.7. The molecule has 0 radical (unpaired) electrons. The van der Waals surface area contributed by atoms with Gasteiger partial charge in [0.25, 0.3) is 0 Å². The summed E-state index contributed by atoms with van der Waals surface area (Å²) in [5.41, 5.74) is 4.31. The molecular weight excluding hydrogens is 310 g/mol. The lowest BCUT2D eigenvalue weighted by Gasteiger charge is -2.11. The Hall–Kier alpha value is -2.41. The molecule has 0 bridgehead atoms. The fraction of sp³-hybridized carbons (Fsp3) is 0.250. The number of anilines is 1. The van der Waals surface area contributed by atoms with Gasteiger partial charge in [-0.15, -0.1) is 0 Å². The molecule has 23 heavy (non-hydrogen) atoms. The molecule has 1 amide bonds. The molecule has 0 fully saturated rings. The van der Waals surface area contributed by atoms with Crippen molar-refractivity contribution in [1.82, 2.24) is 15.4 Å². The Kier molecular flexibility index (Phi) is 6.10. The van der Waals surface area contributed by atoms with Crippen LogP contribution >= 0.6 is 11.8 Å². The highest BCUT2D eigenvalue weighted by atomic mass is 32.2. The van der Waals surface area contributed by atoms with Gasteiger partial charge in [0.1, 0.15) is 5.03 Å². The molecule has 1 N–H and O–H groups in total. The average Bonchev–Trinajstić information content (AvgIpc) is 2.53. The first kappa shape index (κ1) is 17.0. The largest absolute Gasteiger partial charge is 0.347 e. The maximum Gasteiger partial charge on any atom is 0.250 e. The van der Waals surface area contributed by atoms with Crippen molar-refractivity contribution in [3.63, 3.8) is 0 Å². The van der Waals surface area contributed by atoms with Crippen LogP contribution in [0.25, 0.3) is 0 Å². The van der Waals surface area contributed by atoms with Gasteiger partial charge in [0.05, 0.1) is 12.0 Å². The molecule has 0 saturated carbocycles. The van der Waals surface area contributed by atoms with E-state index < -0.39 is 0 Å². The highest BCUT2D eigenvalue weighted by Gasteiger charge is 2.07. The van der Waals surface area contributed by atoms with Crippen LogP contribution in [0.2, 0.25) is 0 Å². The number of aromatic nitrogens is 2. The van der Waals surface area contributed by atoms with Crippen molar-refractivity contribution in [2.45, 2.75) is 11.9 Å². The van der Waals surface area contributed by atoms with E-state index in [0.29, 0.717) is 5.95 Å². The number of carbonyl (C=O) groups is 1. The van der Waals surface area contributed by atoms with Crippen molar-refractivity contribution in [1.29, 1.82) is 0 Å². The molecule has 0 spiro atoms. The van der Waals surface area contributed by atoms with Gasteiger partial charge in [-0.2, -0.15) is 5.10 Å². The zero-order valence-electron chi connectivity index (χ0n) is 13.4. The van der Waals surface area contributed by atoms with E-state index in [1.165, 1.54) is 11.8 Å². The van der Waals surface area contributed by atoms with Gasteiger partial charge < -0.3 is 4.90 Å². The van der Waals surface area contributed by atoms with Crippen molar-refractivity contribution < 1.29 is 4.79 Å². The van der Waals surface area contributed by atoms with Crippen LogP contribution in [0.4, 0.5) is 5.95 Å².